The predicted octanol–water partition coefficient (Wildman–Crippen LogP) is 5.15. The van der Waals surface area contributed by atoms with Crippen LogP contribution in [0.15, 0.2) is 93.0 Å². The van der Waals surface area contributed by atoms with Gasteiger partial charge in [0.25, 0.3) is 5.90 Å². The van der Waals surface area contributed by atoms with Crippen LogP contribution in [0.5, 0.6) is 5.75 Å². The number of carbonyl (C=O) groups is 1. The predicted molar refractivity (Wildman–Crippen MR) is 112 cm³/mol. The molecule has 0 saturated heterocycles. The minimum absolute atomic E-state index is 0.158. The quantitative estimate of drug-likeness (QED) is 0.345. The highest BCUT2D eigenvalue weighted by atomic mass is 32.2. The van der Waals surface area contributed by atoms with Gasteiger partial charge in [-0.1, -0.05) is 30.3 Å². The number of para-hydroxylation sites is 1. The van der Waals surface area contributed by atoms with Crippen molar-refractivity contribution in [3.05, 3.63) is 95.6 Å². The van der Waals surface area contributed by atoms with E-state index in [-0.39, 0.29) is 11.6 Å². The number of cyclic esters (lactones) is 1. The third kappa shape index (κ3) is 3.17. The van der Waals surface area contributed by atoms with Crippen molar-refractivity contribution in [2.24, 2.45) is 4.99 Å². The number of furan rings is 1. The van der Waals surface area contributed by atoms with Crippen LogP contribution in [0.25, 0.3) is 11.3 Å². The lowest BCUT2D eigenvalue weighted by molar-refractivity contribution is -0.130. The number of rotatable bonds is 3. The van der Waals surface area contributed by atoms with Crippen LogP contribution in [0.4, 0.5) is 0 Å². The highest BCUT2D eigenvalue weighted by molar-refractivity contribution is 7.98. The smallest absolute Gasteiger partial charge is 0.364 e. The number of allylic oxidation sites excluding steroid dienone is 2. The Hall–Kier alpha value is -3.51. The average molecular weight is 401 g/mol. The summed E-state index contributed by atoms with van der Waals surface area (Å²) in [6, 6.07) is 19.0. The molecule has 0 unspecified atom stereocenters. The monoisotopic (exact) mass is 401 g/mol. The maximum absolute atomic E-state index is 12.6. The Kier molecular flexibility index (Phi) is 4.33. The van der Waals surface area contributed by atoms with Gasteiger partial charge in [0.2, 0.25) is 0 Å². The van der Waals surface area contributed by atoms with Crippen molar-refractivity contribution >= 4 is 35.0 Å². The van der Waals surface area contributed by atoms with E-state index in [2.05, 4.69) is 4.99 Å². The van der Waals surface area contributed by atoms with Gasteiger partial charge in [-0.3, -0.25) is 0 Å². The van der Waals surface area contributed by atoms with Gasteiger partial charge in [0, 0.05) is 21.6 Å². The SMILES string of the molecule is CSc1ccc(C2=C/C(=C3/N=C(c4ccco4)OC3=O)c3ccccc3O2)cc1. The van der Waals surface area contributed by atoms with Crippen molar-refractivity contribution in [1.82, 2.24) is 0 Å². The second-order valence-electron chi connectivity index (χ2n) is 6.38. The molecule has 0 atom stereocenters. The summed E-state index contributed by atoms with van der Waals surface area (Å²) in [4.78, 5) is 18.2. The molecule has 1 aromatic heterocycles. The maximum Gasteiger partial charge on any atom is 0.364 e. The van der Waals surface area contributed by atoms with Crippen molar-refractivity contribution < 1.29 is 18.7 Å². The Morgan fingerprint density at radius 3 is 2.52 bits per heavy atom. The molecule has 0 aliphatic carbocycles. The Bertz CT molecular complexity index is 1190. The molecule has 0 radical (unpaired) electrons. The lowest BCUT2D eigenvalue weighted by Crippen LogP contribution is -2.08. The Morgan fingerprint density at radius 1 is 0.931 bits per heavy atom. The number of nitrogens with zero attached hydrogens (tertiary/aromatic N) is 1. The van der Waals surface area contributed by atoms with Crippen LogP contribution in [0.1, 0.15) is 16.9 Å². The topological polar surface area (TPSA) is 61.0 Å². The van der Waals surface area contributed by atoms with Crippen LogP contribution in [0, 0.1) is 0 Å². The molecule has 0 bridgehead atoms. The van der Waals surface area contributed by atoms with Gasteiger partial charge in [0.05, 0.1) is 6.26 Å². The van der Waals surface area contributed by atoms with Crippen LogP contribution in [0.2, 0.25) is 0 Å². The van der Waals surface area contributed by atoms with Gasteiger partial charge in [-0.25, -0.2) is 9.79 Å². The zero-order chi connectivity index (χ0) is 19.8. The summed E-state index contributed by atoms with van der Waals surface area (Å²) >= 11 is 1.68. The zero-order valence-corrected chi connectivity index (χ0v) is 16.2. The minimum atomic E-state index is -0.517. The first-order valence-electron chi connectivity index (χ1n) is 8.95. The van der Waals surface area contributed by atoms with Gasteiger partial charge in [0.1, 0.15) is 11.5 Å². The van der Waals surface area contributed by atoms with Gasteiger partial charge < -0.3 is 13.9 Å². The number of aliphatic imine (C=N–C) groups is 1. The lowest BCUT2D eigenvalue weighted by Gasteiger charge is -2.20. The van der Waals surface area contributed by atoms with Gasteiger partial charge in [-0.15, -0.1) is 11.8 Å². The maximum atomic E-state index is 12.6. The van der Waals surface area contributed by atoms with Crippen LogP contribution in [-0.4, -0.2) is 18.1 Å². The fourth-order valence-electron chi connectivity index (χ4n) is 3.21. The lowest BCUT2D eigenvalue weighted by atomic mass is 9.98. The van der Waals surface area contributed by atoms with Gasteiger partial charge in [-0.05, 0) is 42.7 Å². The van der Waals surface area contributed by atoms with Crippen molar-refractivity contribution in [1.29, 1.82) is 0 Å². The largest absolute Gasteiger partial charge is 0.459 e. The van der Waals surface area contributed by atoms with Crippen molar-refractivity contribution in [3.63, 3.8) is 0 Å². The summed E-state index contributed by atoms with van der Waals surface area (Å²) in [7, 11) is 0. The molecule has 2 aromatic carbocycles. The summed E-state index contributed by atoms with van der Waals surface area (Å²) in [5.74, 6) is 1.36. The van der Waals surface area contributed by atoms with Crippen molar-refractivity contribution in [2.45, 2.75) is 4.90 Å². The molecule has 6 heteroatoms. The Labute approximate surface area is 171 Å². The average Bonchev–Trinajstić information content (AvgIpc) is 3.43. The van der Waals surface area contributed by atoms with E-state index >= 15 is 0 Å². The number of carbonyl (C=O) groups excluding carboxylic acids is 1. The fraction of sp³-hybridized carbons (Fsp3) is 0.0435. The van der Waals surface area contributed by atoms with Crippen molar-refractivity contribution in [2.75, 3.05) is 6.26 Å². The molecular formula is C23H15NO4S. The number of fused-ring (bicyclic) bond motifs is 1. The molecule has 2 aliphatic rings. The third-order valence-electron chi connectivity index (χ3n) is 4.63. The number of ether oxygens (including phenoxy) is 2. The normalized spacial score (nSPS) is 17.9. The van der Waals surface area contributed by atoms with Gasteiger partial charge in [-0.2, -0.15) is 0 Å². The molecule has 0 saturated carbocycles. The van der Waals surface area contributed by atoms with Gasteiger partial charge in [0.15, 0.2) is 11.5 Å². The number of esters is 1. The van der Waals surface area contributed by atoms with E-state index < -0.39 is 5.97 Å². The van der Waals surface area contributed by atoms with Gasteiger partial charge >= 0.3 is 5.97 Å². The third-order valence-corrected chi connectivity index (χ3v) is 5.37. The second-order valence-corrected chi connectivity index (χ2v) is 7.26. The zero-order valence-electron chi connectivity index (χ0n) is 15.4. The highest BCUT2D eigenvalue weighted by Crippen LogP contribution is 2.40. The first kappa shape index (κ1) is 17.6. The standard InChI is InChI=1S/C23H15NO4S/c1-29-15-10-8-14(9-11-15)20-13-17(16-5-2-3-6-18(16)27-20)21-23(25)28-22(24-21)19-7-4-12-26-19/h2-13H,1H3/b21-17-. The first-order valence-corrected chi connectivity index (χ1v) is 10.2. The molecule has 0 amide bonds. The van der Waals surface area contributed by atoms with Crippen LogP contribution in [-0.2, 0) is 9.53 Å². The van der Waals surface area contributed by atoms with E-state index in [4.69, 9.17) is 13.9 Å². The summed E-state index contributed by atoms with van der Waals surface area (Å²) in [5, 5.41) is 0. The van der Waals surface area contributed by atoms with Crippen LogP contribution < -0.4 is 4.74 Å². The van der Waals surface area contributed by atoms with E-state index in [0.29, 0.717) is 22.8 Å². The molecule has 0 spiro atoms. The van der Waals surface area contributed by atoms with E-state index in [1.54, 1.807) is 23.9 Å². The Morgan fingerprint density at radius 2 is 1.76 bits per heavy atom. The molecule has 142 valence electrons. The molecule has 0 fully saturated rings. The summed E-state index contributed by atoms with van der Waals surface area (Å²) in [6.45, 7) is 0. The molecule has 0 N–H and O–H groups in total. The van der Waals surface area contributed by atoms with E-state index in [1.807, 2.05) is 60.9 Å². The number of thioether (sulfide) groups is 1. The molecule has 5 nitrogen and oxygen atoms in total. The molecule has 3 heterocycles. The first-order chi connectivity index (χ1) is 14.2. The highest BCUT2D eigenvalue weighted by Gasteiger charge is 2.31. The summed E-state index contributed by atoms with van der Waals surface area (Å²) < 4.78 is 16.8. The van der Waals surface area contributed by atoms with Crippen molar-refractivity contribution in [3.8, 4) is 5.75 Å². The summed E-state index contributed by atoms with van der Waals surface area (Å²) in [5.41, 5.74) is 2.58. The molecule has 29 heavy (non-hydrogen) atoms. The fourth-order valence-corrected chi connectivity index (χ4v) is 3.62. The molecule has 3 aromatic rings. The molecule has 2 aliphatic heterocycles. The van der Waals surface area contributed by atoms with E-state index in [0.717, 1.165) is 16.0 Å². The van der Waals surface area contributed by atoms with E-state index in [1.165, 1.54) is 6.26 Å². The Balaban J connectivity index is 1.66. The van der Waals surface area contributed by atoms with E-state index in [9.17, 15) is 4.79 Å². The minimum Gasteiger partial charge on any atom is -0.459 e. The number of hydrogen-bond donors (Lipinski definition) is 0. The molecule has 5 rings (SSSR count). The second kappa shape index (κ2) is 7.14. The number of hydrogen-bond acceptors (Lipinski definition) is 6. The molecular weight excluding hydrogens is 386 g/mol. The van der Waals surface area contributed by atoms with Crippen LogP contribution >= 0.6 is 11.8 Å². The van der Waals surface area contributed by atoms with Crippen LogP contribution in [0.3, 0.4) is 0 Å². The number of benzene rings is 2. The summed E-state index contributed by atoms with van der Waals surface area (Å²) in [6.07, 6.45) is 5.38.